The zero-order valence-electron chi connectivity index (χ0n) is 20.4. The van der Waals surface area contributed by atoms with Crippen LogP contribution in [0.5, 0.6) is 0 Å². The van der Waals surface area contributed by atoms with Crippen molar-refractivity contribution in [2.45, 2.75) is 58.2 Å². The molecule has 2 heterocycles. The normalized spacial score (nSPS) is 20.9. The van der Waals surface area contributed by atoms with Gasteiger partial charge in [0.1, 0.15) is 6.10 Å². The first-order valence-electron chi connectivity index (χ1n) is 12.3. The standard InChI is InChI=1S/C28H32ClN3O3/c1-19-17-31(10-11-32(19)28(34)27-9-4-5-12-35-27)18-23-14-24(29)13-22(20(23)2)16-26(33)21-7-6-8-25(15-21)30-3/h6-8,13-15,19,27H,4-5,9-12,16-18H2,1-2H3/t19-,27-/m0/s1. The molecule has 0 radical (unpaired) electrons. The zero-order chi connectivity index (χ0) is 24.9. The van der Waals surface area contributed by atoms with E-state index in [9.17, 15) is 9.59 Å². The van der Waals surface area contributed by atoms with E-state index in [0.29, 0.717) is 36.0 Å². The molecule has 0 bridgehead atoms. The first-order valence-corrected chi connectivity index (χ1v) is 12.7. The number of ether oxygens (including phenoxy) is 1. The van der Waals surface area contributed by atoms with Gasteiger partial charge in [-0.2, -0.15) is 0 Å². The Morgan fingerprint density at radius 1 is 1.17 bits per heavy atom. The molecule has 2 fully saturated rings. The Hall–Kier alpha value is -2.72. The van der Waals surface area contributed by atoms with E-state index in [4.69, 9.17) is 22.9 Å². The second-order valence-corrected chi connectivity index (χ2v) is 10.0. The van der Waals surface area contributed by atoms with Gasteiger partial charge in [-0.05, 0) is 68.0 Å². The number of hydrogen-bond acceptors (Lipinski definition) is 4. The van der Waals surface area contributed by atoms with Crippen LogP contribution in [0.15, 0.2) is 36.4 Å². The van der Waals surface area contributed by atoms with Crippen molar-refractivity contribution in [2.75, 3.05) is 26.2 Å². The van der Waals surface area contributed by atoms with E-state index in [-0.39, 0.29) is 30.3 Å². The molecule has 2 aliphatic rings. The number of ketones is 1. The summed E-state index contributed by atoms with van der Waals surface area (Å²) in [5.74, 6) is 0.0939. The number of carbonyl (C=O) groups is 2. The van der Waals surface area contributed by atoms with E-state index in [1.807, 2.05) is 24.0 Å². The summed E-state index contributed by atoms with van der Waals surface area (Å²) in [4.78, 5) is 33.6. The number of rotatable bonds is 6. The van der Waals surface area contributed by atoms with Crippen molar-refractivity contribution in [3.8, 4) is 0 Å². The van der Waals surface area contributed by atoms with Crippen LogP contribution in [0.25, 0.3) is 4.85 Å². The highest BCUT2D eigenvalue weighted by atomic mass is 35.5. The van der Waals surface area contributed by atoms with Crippen molar-refractivity contribution < 1.29 is 14.3 Å². The Labute approximate surface area is 212 Å². The highest BCUT2D eigenvalue weighted by Gasteiger charge is 2.33. The van der Waals surface area contributed by atoms with Crippen molar-refractivity contribution >= 4 is 29.0 Å². The molecule has 6 nitrogen and oxygen atoms in total. The summed E-state index contributed by atoms with van der Waals surface area (Å²) >= 11 is 6.46. The summed E-state index contributed by atoms with van der Waals surface area (Å²) in [7, 11) is 0. The maximum Gasteiger partial charge on any atom is 0.252 e. The van der Waals surface area contributed by atoms with Gasteiger partial charge in [-0.3, -0.25) is 14.5 Å². The quantitative estimate of drug-likeness (QED) is 0.408. The Balaban J connectivity index is 1.42. The molecule has 1 amide bonds. The molecule has 35 heavy (non-hydrogen) atoms. The highest BCUT2D eigenvalue weighted by molar-refractivity contribution is 6.30. The molecular weight excluding hydrogens is 462 g/mol. The van der Waals surface area contributed by atoms with E-state index in [0.717, 1.165) is 49.0 Å². The van der Waals surface area contributed by atoms with E-state index >= 15 is 0 Å². The smallest absolute Gasteiger partial charge is 0.252 e. The molecule has 2 aromatic carbocycles. The lowest BCUT2D eigenvalue weighted by Crippen LogP contribution is -2.56. The van der Waals surface area contributed by atoms with E-state index < -0.39 is 0 Å². The lowest BCUT2D eigenvalue weighted by molar-refractivity contribution is -0.151. The lowest BCUT2D eigenvalue weighted by Gasteiger charge is -2.41. The molecule has 0 saturated carbocycles. The lowest BCUT2D eigenvalue weighted by atomic mass is 9.95. The number of piperazine rings is 1. The van der Waals surface area contributed by atoms with Crippen molar-refractivity contribution in [1.29, 1.82) is 0 Å². The Morgan fingerprint density at radius 3 is 2.69 bits per heavy atom. The third-order valence-corrected chi connectivity index (χ3v) is 7.30. The van der Waals surface area contributed by atoms with Gasteiger partial charge in [-0.1, -0.05) is 29.8 Å². The first-order chi connectivity index (χ1) is 16.9. The molecule has 7 heteroatoms. The fourth-order valence-electron chi connectivity index (χ4n) is 5.03. The number of halogens is 1. The second kappa shape index (κ2) is 11.3. The Bertz CT molecular complexity index is 1140. The van der Waals surface area contributed by atoms with Gasteiger partial charge >= 0.3 is 0 Å². The minimum Gasteiger partial charge on any atom is -0.368 e. The molecule has 0 aromatic heterocycles. The van der Waals surface area contributed by atoms with Gasteiger partial charge in [-0.25, -0.2) is 4.85 Å². The minimum atomic E-state index is -0.288. The fraction of sp³-hybridized carbons (Fsp3) is 0.464. The number of nitrogens with zero attached hydrogens (tertiary/aromatic N) is 3. The fourth-order valence-corrected chi connectivity index (χ4v) is 5.30. The van der Waals surface area contributed by atoms with Crippen LogP contribution in [-0.4, -0.2) is 59.9 Å². The molecule has 0 unspecified atom stereocenters. The molecule has 0 aliphatic carbocycles. The van der Waals surface area contributed by atoms with Crippen molar-refractivity contribution in [1.82, 2.24) is 9.80 Å². The van der Waals surface area contributed by atoms with E-state index in [1.165, 1.54) is 0 Å². The van der Waals surface area contributed by atoms with E-state index in [1.54, 1.807) is 24.3 Å². The van der Waals surface area contributed by atoms with Crippen molar-refractivity contribution in [2.24, 2.45) is 0 Å². The van der Waals surface area contributed by atoms with Crippen molar-refractivity contribution in [3.05, 3.63) is 75.1 Å². The predicted octanol–water partition coefficient (Wildman–Crippen LogP) is 5.23. The topological polar surface area (TPSA) is 54.2 Å². The second-order valence-electron chi connectivity index (χ2n) is 9.58. The number of amides is 1. The first kappa shape index (κ1) is 25.4. The third kappa shape index (κ3) is 6.10. The number of hydrogen-bond donors (Lipinski definition) is 0. The average molecular weight is 494 g/mol. The van der Waals surface area contributed by atoms with Crippen LogP contribution in [0.3, 0.4) is 0 Å². The van der Waals surface area contributed by atoms with Gasteiger partial charge in [0.2, 0.25) is 0 Å². The molecule has 2 saturated heterocycles. The largest absolute Gasteiger partial charge is 0.368 e. The maximum atomic E-state index is 12.9. The third-order valence-electron chi connectivity index (χ3n) is 7.08. The molecule has 0 spiro atoms. The molecule has 2 aliphatic heterocycles. The zero-order valence-corrected chi connectivity index (χ0v) is 21.2. The van der Waals surface area contributed by atoms with Gasteiger partial charge in [0.15, 0.2) is 11.5 Å². The molecule has 4 rings (SSSR count). The molecule has 2 atom stereocenters. The van der Waals surface area contributed by atoms with Gasteiger partial charge in [0.25, 0.3) is 5.91 Å². The van der Waals surface area contributed by atoms with Crippen LogP contribution >= 0.6 is 11.6 Å². The summed E-state index contributed by atoms with van der Waals surface area (Å²) in [5.41, 5.74) is 4.06. The molecule has 2 aromatic rings. The average Bonchev–Trinajstić information content (AvgIpc) is 2.87. The minimum absolute atomic E-state index is 0.0301. The monoisotopic (exact) mass is 493 g/mol. The van der Waals surface area contributed by atoms with Gasteiger partial charge in [0.05, 0.1) is 6.57 Å². The maximum absolute atomic E-state index is 12.9. The highest BCUT2D eigenvalue weighted by Crippen LogP contribution is 2.26. The summed E-state index contributed by atoms with van der Waals surface area (Å²) < 4.78 is 5.72. The molecular formula is C28H32ClN3O3. The Kier molecular flexibility index (Phi) is 8.22. The summed E-state index contributed by atoms with van der Waals surface area (Å²) in [5, 5.41) is 0.611. The summed E-state index contributed by atoms with van der Waals surface area (Å²) in [6, 6.07) is 10.8. The van der Waals surface area contributed by atoms with Crippen molar-refractivity contribution in [3.63, 3.8) is 0 Å². The van der Waals surface area contributed by atoms with Crippen LogP contribution < -0.4 is 0 Å². The van der Waals surface area contributed by atoms with Crippen LogP contribution in [0.4, 0.5) is 5.69 Å². The molecule has 184 valence electrons. The van der Waals surface area contributed by atoms with Crippen LogP contribution in [-0.2, 0) is 22.5 Å². The summed E-state index contributed by atoms with van der Waals surface area (Å²) in [6.45, 7) is 14.9. The SMILES string of the molecule is [C-]#[N+]c1cccc(C(=O)Cc2cc(Cl)cc(CN3CCN(C(=O)[C@@H]4CCCCO4)[C@@H](C)C3)c2C)c1. The van der Waals surface area contributed by atoms with Crippen LogP contribution in [0.2, 0.25) is 5.02 Å². The number of Topliss-reactive ketones (excluding diaryl/α,β-unsaturated/α-hetero) is 1. The van der Waals surface area contributed by atoms with Gasteiger partial charge in [0, 0.05) is 55.8 Å². The summed E-state index contributed by atoms with van der Waals surface area (Å²) in [6.07, 6.45) is 2.85. The van der Waals surface area contributed by atoms with Gasteiger partial charge in [-0.15, -0.1) is 0 Å². The van der Waals surface area contributed by atoms with Gasteiger partial charge < -0.3 is 9.64 Å². The number of carbonyl (C=O) groups excluding carboxylic acids is 2. The predicted molar refractivity (Wildman–Crippen MR) is 137 cm³/mol. The van der Waals surface area contributed by atoms with Crippen LogP contribution in [0.1, 0.15) is 53.2 Å². The molecule has 0 N–H and O–H groups in total. The van der Waals surface area contributed by atoms with Crippen LogP contribution in [0, 0.1) is 13.5 Å². The van der Waals surface area contributed by atoms with E-state index in [2.05, 4.69) is 16.7 Å². The number of benzene rings is 2. The Morgan fingerprint density at radius 2 is 1.97 bits per heavy atom.